The molecule has 1 heterocycles. The van der Waals surface area contributed by atoms with Crippen LogP contribution in [0.2, 0.25) is 0 Å². The van der Waals surface area contributed by atoms with Gasteiger partial charge in [-0.25, -0.2) is 4.83 Å². The molecule has 0 spiro atoms. The maximum Gasteiger partial charge on any atom is 0.276 e. The van der Waals surface area contributed by atoms with E-state index in [1.54, 1.807) is 6.92 Å². The fraction of sp³-hybridized carbons (Fsp3) is 0.154. The van der Waals surface area contributed by atoms with Gasteiger partial charge < -0.3 is 0 Å². The zero-order chi connectivity index (χ0) is 16.3. The second-order valence-corrected chi connectivity index (χ2v) is 7.13. The highest BCUT2D eigenvalue weighted by Crippen LogP contribution is 2.22. The van der Waals surface area contributed by atoms with Gasteiger partial charge in [0.25, 0.3) is 15.7 Å². The summed E-state index contributed by atoms with van der Waals surface area (Å²) in [6.07, 6.45) is 1.40. The van der Waals surface area contributed by atoms with E-state index in [0.29, 0.717) is 5.56 Å². The summed E-state index contributed by atoms with van der Waals surface area (Å²) < 4.78 is 24.2. The molecule has 0 aliphatic heterocycles. The third kappa shape index (κ3) is 3.49. The predicted octanol–water partition coefficient (Wildman–Crippen LogP) is 2.59. The first-order chi connectivity index (χ1) is 10.3. The number of benzene rings is 1. The lowest BCUT2D eigenvalue weighted by molar-refractivity contribution is -0.385. The molecule has 0 bridgehead atoms. The van der Waals surface area contributed by atoms with Crippen molar-refractivity contribution >= 4 is 33.3 Å². The Kier molecular flexibility index (Phi) is 4.57. The first-order valence-electron chi connectivity index (χ1n) is 6.15. The Hall–Kier alpha value is -2.26. The van der Waals surface area contributed by atoms with Crippen LogP contribution in [0.5, 0.6) is 0 Å². The third-order valence-corrected chi connectivity index (χ3v) is 5.12. The fourth-order valence-corrected chi connectivity index (χ4v) is 3.27. The minimum atomic E-state index is -3.95. The van der Waals surface area contributed by atoms with Crippen LogP contribution in [0.1, 0.15) is 16.0 Å². The lowest BCUT2D eigenvalue weighted by atomic mass is 10.2. The number of nitro groups is 1. The zero-order valence-electron chi connectivity index (χ0n) is 11.8. The van der Waals surface area contributed by atoms with Crippen LogP contribution in [0.3, 0.4) is 0 Å². The van der Waals surface area contributed by atoms with E-state index in [0.717, 1.165) is 16.5 Å². The lowest BCUT2D eigenvalue weighted by Crippen LogP contribution is -2.18. The molecule has 0 unspecified atom stereocenters. The van der Waals surface area contributed by atoms with Gasteiger partial charge in [-0.2, -0.15) is 13.5 Å². The smallest absolute Gasteiger partial charge is 0.258 e. The van der Waals surface area contributed by atoms with Gasteiger partial charge in [0.15, 0.2) is 0 Å². The highest BCUT2D eigenvalue weighted by Gasteiger charge is 2.19. The van der Waals surface area contributed by atoms with Crippen molar-refractivity contribution in [2.75, 3.05) is 0 Å². The van der Waals surface area contributed by atoms with Gasteiger partial charge in [0.1, 0.15) is 0 Å². The van der Waals surface area contributed by atoms with Crippen molar-refractivity contribution in [1.82, 2.24) is 4.83 Å². The first kappa shape index (κ1) is 16.1. The van der Waals surface area contributed by atoms with Crippen LogP contribution >= 0.6 is 11.3 Å². The van der Waals surface area contributed by atoms with Crippen molar-refractivity contribution in [2.24, 2.45) is 5.10 Å². The molecule has 2 aromatic rings. The SMILES string of the molecule is Cc1ccc(S(=O)(=O)NN=Cc2sccc2C)cc1[N+](=O)[O-]. The van der Waals surface area contributed by atoms with Crippen LogP contribution in [-0.2, 0) is 10.0 Å². The van der Waals surface area contributed by atoms with Crippen LogP contribution in [0.4, 0.5) is 5.69 Å². The van der Waals surface area contributed by atoms with Crippen molar-refractivity contribution in [3.05, 3.63) is 55.8 Å². The second-order valence-electron chi connectivity index (χ2n) is 4.53. The zero-order valence-corrected chi connectivity index (χ0v) is 13.4. The molecular formula is C13H13N3O4S2. The van der Waals surface area contributed by atoms with E-state index in [1.807, 2.05) is 18.4 Å². The van der Waals surface area contributed by atoms with Gasteiger partial charge in [-0.05, 0) is 36.9 Å². The number of thiophene rings is 1. The Labute approximate surface area is 131 Å². The van der Waals surface area contributed by atoms with Crippen LogP contribution in [0.15, 0.2) is 39.6 Å². The minimum absolute atomic E-state index is 0.204. The topological polar surface area (TPSA) is 102 Å². The molecule has 1 aromatic carbocycles. The van der Waals surface area contributed by atoms with E-state index in [4.69, 9.17) is 0 Å². The largest absolute Gasteiger partial charge is 0.276 e. The van der Waals surface area contributed by atoms with E-state index >= 15 is 0 Å². The summed E-state index contributed by atoms with van der Waals surface area (Å²) in [4.78, 5) is 12.9. The summed E-state index contributed by atoms with van der Waals surface area (Å²) in [5, 5.41) is 16.4. The summed E-state index contributed by atoms with van der Waals surface area (Å²) in [6, 6.07) is 5.60. The van der Waals surface area contributed by atoms with Crippen molar-refractivity contribution in [3.63, 3.8) is 0 Å². The molecule has 0 radical (unpaired) electrons. The standard InChI is InChI=1S/C13H13N3O4S2/c1-9-3-4-11(7-12(9)16(17)18)22(19,20)15-14-8-13-10(2)5-6-21-13/h3-8,15H,1-2H3. The van der Waals surface area contributed by atoms with Crippen molar-refractivity contribution in [3.8, 4) is 0 Å². The Bertz CT molecular complexity index is 841. The molecule has 22 heavy (non-hydrogen) atoms. The van der Waals surface area contributed by atoms with Crippen LogP contribution in [-0.4, -0.2) is 19.6 Å². The molecule has 2 rings (SSSR count). The van der Waals surface area contributed by atoms with E-state index in [1.165, 1.54) is 29.7 Å². The number of nitrogens with one attached hydrogen (secondary N) is 1. The second kappa shape index (κ2) is 6.24. The molecule has 0 aliphatic rings. The highest BCUT2D eigenvalue weighted by atomic mass is 32.2. The first-order valence-corrected chi connectivity index (χ1v) is 8.51. The molecule has 7 nitrogen and oxygen atoms in total. The number of nitro benzene ring substituents is 1. The van der Waals surface area contributed by atoms with E-state index in [2.05, 4.69) is 9.93 Å². The van der Waals surface area contributed by atoms with E-state index < -0.39 is 14.9 Å². The number of rotatable bonds is 5. The molecule has 9 heteroatoms. The minimum Gasteiger partial charge on any atom is -0.258 e. The summed E-state index contributed by atoms with van der Waals surface area (Å²) in [6.45, 7) is 3.43. The maximum absolute atomic E-state index is 12.1. The summed E-state index contributed by atoms with van der Waals surface area (Å²) in [5.41, 5.74) is 1.13. The van der Waals surface area contributed by atoms with E-state index in [9.17, 15) is 18.5 Å². The van der Waals surface area contributed by atoms with Crippen molar-refractivity contribution in [1.29, 1.82) is 0 Å². The molecule has 116 valence electrons. The molecule has 1 N–H and O–H groups in total. The Morgan fingerprint density at radius 1 is 1.27 bits per heavy atom. The quantitative estimate of drug-likeness (QED) is 0.514. The molecule has 0 amide bonds. The number of hydrogen-bond acceptors (Lipinski definition) is 6. The molecule has 0 atom stereocenters. The highest BCUT2D eigenvalue weighted by molar-refractivity contribution is 7.89. The number of aryl methyl sites for hydroxylation is 2. The van der Waals surface area contributed by atoms with Gasteiger partial charge in [-0.1, -0.05) is 6.07 Å². The average Bonchev–Trinajstić information content (AvgIpc) is 2.84. The summed E-state index contributed by atoms with van der Waals surface area (Å²) >= 11 is 1.43. The summed E-state index contributed by atoms with van der Waals surface area (Å²) in [7, 11) is -3.95. The van der Waals surface area contributed by atoms with Gasteiger partial charge in [-0.3, -0.25) is 10.1 Å². The van der Waals surface area contributed by atoms with Gasteiger partial charge >= 0.3 is 0 Å². The molecule has 0 fully saturated rings. The van der Waals surface area contributed by atoms with Gasteiger partial charge in [-0.15, -0.1) is 11.3 Å². The van der Waals surface area contributed by atoms with Crippen LogP contribution < -0.4 is 4.83 Å². The molecule has 0 aliphatic carbocycles. The number of nitrogens with zero attached hydrogens (tertiary/aromatic N) is 2. The Morgan fingerprint density at radius 3 is 2.59 bits per heavy atom. The lowest BCUT2D eigenvalue weighted by Gasteiger charge is -2.04. The molecule has 1 aromatic heterocycles. The van der Waals surface area contributed by atoms with Crippen LogP contribution in [0, 0.1) is 24.0 Å². The van der Waals surface area contributed by atoms with Crippen molar-refractivity contribution < 1.29 is 13.3 Å². The average molecular weight is 339 g/mol. The predicted molar refractivity (Wildman–Crippen MR) is 84.8 cm³/mol. The molecule has 0 saturated carbocycles. The molecule has 0 saturated heterocycles. The number of hydrogen-bond donors (Lipinski definition) is 1. The Balaban J connectivity index is 2.24. The third-order valence-electron chi connectivity index (χ3n) is 2.94. The Morgan fingerprint density at radius 2 is 2.00 bits per heavy atom. The number of sulfonamides is 1. The maximum atomic E-state index is 12.1. The van der Waals surface area contributed by atoms with Gasteiger partial charge in [0, 0.05) is 11.6 Å². The number of hydrazone groups is 1. The normalized spacial score (nSPS) is 11.7. The molecular weight excluding hydrogens is 326 g/mol. The summed E-state index contributed by atoms with van der Waals surface area (Å²) in [5.74, 6) is 0. The fourth-order valence-electron chi connectivity index (χ4n) is 1.68. The van der Waals surface area contributed by atoms with E-state index in [-0.39, 0.29) is 10.6 Å². The van der Waals surface area contributed by atoms with Gasteiger partial charge in [0.05, 0.1) is 20.9 Å². The monoisotopic (exact) mass is 339 g/mol. The van der Waals surface area contributed by atoms with Crippen LogP contribution in [0.25, 0.3) is 0 Å². The van der Waals surface area contributed by atoms with Crippen molar-refractivity contribution in [2.45, 2.75) is 18.7 Å². The van der Waals surface area contributed by atoms with Gasteiger partial charge in [0.2, 0.25) is 0 Å².